The van der Waals surface area contributed by atoms with Crippen LogP contribution in [0.5, 0.6) is 0 Å². The average Bonchev–Trinajstić information content (AvgIpc) is 2.82. The van der Waals surface area contributed by atoms with Gasteiger partial charge in [0, 0.05) is 42.9 Å². The van der Waals surface area contributed by atoms with Crippen molar-refractivity contribution >= 4 is 23.3 Å². The first-order valence-electron chi connectivity index (χ1n) is 7.61. The van der Waals surface area contributed by atoms with Gasteiger partial charge < -0.3 is 14.6 Å². The molecule has 3 nitrogen and oxygen atoms in total. The average molecular weight is 311 g/mol. The minimum Gasteiger partial charge on any atom is -0.382 e. The first-order valence-corrected chi connectivity index (χ1v) is 7.61. The van der Waals surface area contributed by atoms with Gasteiger partial charge in [0.25, 0.3) is 0 Å². The second-order valence-corrected chi connectivity index (χ2v) is 5.40. The highest BCUT2D eigenvalue weighted by atomic mass is 35.5. The SMILES string of the molecule is CCOCCCNCc1cn(C(C)C)c2ccccc12.Cl. The molecule has 0 aliphatic heterocycles. The maximum Gasteiger partial charge on any atom is 0.0486 e. The summed E-state index contributed by atoms with van der Waals surface area (Å²) in [5, 5.41) is 4.87. The standard InChI is InChI=1S/C17H26N2O.ClH/c1-4-20-11-7-10-18-12-15-13-19(14(2)3)17-9-6-5-8-16(15)17;/h5-6,8-9,13-14,18H,4,7,10-12H2,1-3H3;1H. The van der Waals surface area contributed by atoms with Crippen LogP contribution in [0.1, 0.15) is 38.8 Å². The molecule has 0 fully saturated rings. The number of benzene rings is 1. The van der Waals surface area contributed by atoms with Gasteiger partial charge in [-0.15, -0.1) is 12.4 Å². The van der Waals surface area contributed by atoms with Crippen LogP contribution in [0, 0.1) is 0 Å². The number of hydrogen-bond acceptors (Lipinski definition) is 2. The van der Waals surface area contributed by atoms with E-state index in [4.69, 9.17) is 4.74 Å². The molecule has 1 aromatic heterocycles. The fourth-order valence-electron chi connectivity index (χ4n) is 2.51. The molecule has 118 valence electrons. The molecule has 1 aromatic carbocycles. The van der Waals surface area contributed by atoms with Gasteiger partial charge in [-0.1, -0.05) is 18.2 Å². The molecule has 0 saturated heterocycles. The number of nitrogens with zero attached hydrogens (tertiary/aromatic N) is 1. The van der Waals surface area contributed by atoms with Crippen LogP contribution < -0.4 is 5.32 Å². The Morgan fingerprint density at radius 3 is 2.71 bits per heavy atom. The molecule has 4 heteroatoms. The van der Waals surface area contributed by atoms with E-state index >= 15 is 0 Å². The van der Waals surface area contributed by atoms with Crippen molar-refractivity contribution in [2.24, 2.45) is 0 Å². The molecule has 0 atom stereocenters. The van der Waals surface area contributed by atoms with Gasteiger partial charge in [0.2, 0.25) is 0 Å². The number of fused-ring (bicyclic) bond motifs is 1. The van der Waals surface area contributed by atoms with E-state index in [0.29, 0.717) is 6.04 Å². The molecule has 1 N–H and O–H groups in total. The van der Waals surface area contributed by atoms with Crippen LogP contribution in [0.4, 0.5) is 0 Å². The number of para-hydroxylation sites is 1. The summed E-state index contributed by atoms with van der Waals surface area (Å²) in [6, 6.07) is 9.14. The Bertz CT molecular complexity index is 537. The van der Waals surface area contributed by atoms with Gasteiger partial charge in [-0.2, -0.15) is 0 Å². The third-order valence-corrected chi connectivity index (χ3v) is 3.54. The Morgan fingerprint density at radius 1 is 1.24 bits per heavy atom. The number of hydrogen-bond donors (Lipinski definition) is 1. The summed E-state index contributed by atoms with van der Waals surface area (Å²) in [5.41, 5.74) is 2.71. The van der Waals surface area contributed by atoms with E-state index in [0.717, 1.165) is 32.7 Å². The van der Waals surface area contributed by atoms with Crippen LogP contribution in [0.15, 0.2) is 30.5 Å². The Morgan fingerprint density at radius 2 is 2.00 bits per heavy atom. The van der Waals surface area contributed by atoms with Gasteiger partial charge in [-0.3, -0.25) is 0 Å². The van der Waals surface area contributed by atoms with Gasteiger partial charge in [-0.05, 0) is 45.4 Å². The van der Waals surface area contributed by atoms with Gasteiger partial charge in [0.1, 0.15) is 0 Å². The van der Waals surface area contributed by atoms with Crippen LogP contribution in [-0.2, 0) is 11.3 Å². The molecule has 0 aliphatic rings. The van der Waals surface area contributed by atoms with Crippen LogP contribution in [0.3, 0.4) is 0 Å². The molecule has 0 radical (unpaired) electrons. The fraction of sp³-hybridized carbons (Fsp3) is 0.529. The van der Waals surface area contributed by atoms with E-state index in [1.807, 2.05) is 6.92 Å². The summed E-state index contributed by atoms with van der Waals surface area (Å²) < 4.78 is 7.70. The third-order valence-electron chi connectivity index (χ3n) is 3.54. The minimum absolute atomic E-state index is 0. The Labute approximate surface area is 134 Å². The zero-order valence-electron chi connectivity index (χ0n) is 13.3. The molecule has 0 spiro atoms. The number of ether oxygens (including phenoxy) is 1. The van der Waals surface area contributed by atoms with Crippen molar-refractivity contribution in [2.75, 3.05) is 19.8 Å². The van der Waals surface area contributed by atoms with Crippen molar-refractivity contribution in [1.29, 1.82) is 0 Å². The highest BCUT2D eigenvalue weighted by Crippen LogP contribution is 2.24. The molecular weight excluding hydrogens is 284 g/mol. The second-order valence-electron chi connectivity index (χ2n) is 5.40. The van der Waals surface area contributed by atoms with Crippen LogP contribution in [0.2, 0.25) is 0 Å². The van der Waals surface area contributed by atoms with E-state index in [2.05, 4.69) is 54.2 Å². The highest BCUT2D eigenvalue weighted by Gasteiger charge is 2.09. The predicted octanol–water partition coefficient (Wildman–Crippen LogP) is 4.16. The van der Waals surface area contributed by atoms with Gasteiger partial charge >= 0.3 is 0 Å². The van der Waals surface area contributed by atoms with Gasteiger partial charge in [-0.25, -0.2) is 0 Å². The van der Waals surface area contributed by atoms with E-state index in [9.17, 15) is 0 Å². The van der Waals surface area contributed by atoms with E-state index in [-0.39, 0.29) is 12.4 Å². The van der Waals surface area contributed by atoms with E-state index in [1.54, 1.807) is 0 Å². The lowest BCUT2D eigenvalue weighted by molar-refractivity contribution is 0.144. The monoisotopic (exact) mass is 310 g/mol. The van der Waals surface area contributed by atoms with E-state index < -0.39 is 0 Å². The number of halogens is 1. The number of nitrogens with one attached hydrogen (secondary N) is 1. The van der Waals surface area contributed by atoms with Crippen LogP contribution in [-0.4, -0.2) is 24.3 Å². The zero-order valence-corrected chi connectivity index (χ0v) is 14.1. The molecule has 0 bridgehead atoms. The molecule has 2 rings (SSSR count). The molecule has 0 amide bonds. The normalized spacial score (nSPS) is 11.0. The Kier molecular flexibility index (Phi) is 7.79. The smallest absolute Gasteiger partial charge is 0.0486 e. The number of aromatic nitrogens is 1. The maximum absolute atomic E-state index is 5.35. The first-order chi connectivity index (χ1) is 9.74. The van der Waals surface area contributed by atoms with Crippen molar-refractivity contribution < 1.29 is 4.74 Å². The van der Waals surface area contributed by atoms with Crippen molar-refractivity contribution in [3.63, 3.8) is 0 Å². The quantitative estimate of drug-likeness (QED) is 0.741. The number of rotatable bonds is 8. The fourth-order valence-corrected chi connectivity index (χ4v) is 2.51. The Balaban J connectivity index is 0.00000220. The van der Waals surface area contributed by atoms with Gasteiger partial charge in [0.05, 0.1) is 0 Å². The predicted molar refractivity (Wildman–Crippen MR) is 92.4 cm³/mol. The topological polar surface area (TPSA) is 26.2 Å². The van der Waals surface area contributed by atoms with Crippen molar-refractivity contribution in [3.8, 4) is 0 Å². The Hall–Kier alpha value is -1.03. The van der Waals surface area contributed by atoms with Gasteiger partial charge in [0.15, 0.2) is 0 Å². The third kappa shape index (κ3) is 4.73. The largest absolute Gasteiger partial charge is 0.382 e. The molecule has 0 saturated carbocycles. The summed E-state index contributed by atoms with van der Waals surface area (Å²) in [6.45, 7) is 10.1. The molecule has 1 heterocycles. The van der Waals surface area contributed by atoms with Crippen molar-refractivity contribution in [1.82, 2.24) is 9.88 Å². The van der Waals surface area contributed by atoms with Crippen LogP contribution >= 0.6 is 12.4 Å². The highest BCUT2D eigenvalue weighted by molar-refractivity contribution is 5.85. The lowest BCUT2D eigenvalue weighted by Crippen LogP contribution is -2.16. The molecule has 2 aromatic rings. The summed E-state index contributed by atoms with van der Waals surface area (Å²) in [7, 11) is 0. The van der Waals surface area contributed by atoms with Crippen molar-refractivity contribution in [3.05, 3.63) is 36.0 Å². The summed E-state index contributed by atoms with van der Waals surface area (Å²) >= 11 is 0. The summed E-state index contributed by atoms with van der Waals surface area (Å²) in [4.78, 5) is 0. The maximum atomic E-state index is 5.35. The van der Waals surface area contributed by atoms with E-state index in [1.165, 1.54) is 16.5 Å². The second kappa shape index (κ2) is 9.08. The molecule has 0 aliphatic carbocycles. The lowest BCUT2D eigenvalue weighted by atomic mass is 10.2. The summed E-state index contributed by atoms with van der Waals surface area (Å²) in [6.07, 6.45) is 3.35. The molecule has 0 unspecified atom stereocenters. The lowest BCUT2D eigenvalue weighted by Gasteiger charge is -2.08. The van der Waals surface area contributed by atoms with Crippen molar-refractivity contribution in [2.45, 2.75) is 39.8 Å². The minimum atomic E-state index is 0. The van der Waals surface area contributed by atoms with Crippen LogP contribution in [0.25, 0.3) is 10.9 Å². The first kappa shape index (κ1) is 18.0. The summed E-state index contributed by atoms with van der Waals surface area (Å²) in [5.74, 6) is 0. The zero-order chi connectivity index (χ0) is 14.4. The molecule has 21 heavy (non-hydrogen) atoms. The molecular formula is C17H27ClN2O.